The number of rotatable bonds is 3. The van der Waals surface area contributed by atoms with Gasteiger partial charge in [-0.3, -0.25) is 4.90 Å². The molecule has 0 bridgehead atoms. The van der Waals surface area contributed by atoms with E-state index in [0.717, 1.165) is 5.92 Å². The fourth-order valence-electron chi connectivity index (χ4n) is 3.40. The van der Waals surface area contributed by atoms with Gasteiger partial charge in [-0.05, 0) is 38.1 Å². The van der Waals surface area contributed by atoms with Crippen LogP contribution < -0.4 is 5.73 Å². The zero-order chi connectivity index (χ0) is 10.7. The van der Waals surface area contributed by atoms with E-state index in [9.17, 15) is 0 Å². The smallest absolute Gasteiger partial charge is 0.0247 e. The van der Waals surface area contributed by atoms with Crippen LogP contribution in [0.4, 0.5) is 0 Å². The van der Waals surface area contributed by atoms with Gasteiger partial charge in [-0.2, -0.15) is 0 Å². The van der Waals surface area contributed by atoms with E-state index < -0.39 is 0 Å². The fourth-order valence-corrected chi connectivity index (χ4v) is 3.40. The Hall–Kier alpha value is -0.0800. The summed E-state index contributed by atoms with van der Waals surface area (Å²) in [7, 11) is 0. The highest BCUT2D eigenvalue weighted by Crippen LogP contribution is 2.28. The van der Waals surface area contributed by atoms with Crippen LogP contribution in [0.5, 0.6) is 0 Å². The molecule has 2 aliphatic rings. The first-order valence-corrected chi connectivity index (χ1v) is 6.81. The lowest BCUT2D eigenvalue weighted by Gasteiger charge is -2.36. The molecule has 88 valence electrons. The standard InChI is InChI=1S/C13H26N2/c1-2-5-11-8-9-15(10-11)13-7-4-3-6-12(13)14/h11-13H,2-10,14H2,1H3. The molecule has 1 saturated heterocycles. The van der Waals surface area contributed by atoms with Gasteiger partial charge in [0.2, 0.25) is 0 Å². The Labute approximate surface area is 94.2 Å². The molecular formula is C13H26N2. The van der Waals surface area contributed by atoms with Crippen molar-refractivity contribution in [1.29, 1.82) is 0 Å². The molecule has 2 heteroatoms. The average Bonchev–Trinajstić information content (AvgIpc) is 2.68. The predicted octanol–water partition coefficient (Wildman–Crippen LogP) is 2.38. The third-order valence-electron chi connectivity index (χ3n) is 4.26. The van der Waals surface area contributed by atoms with E-state index in [0.29, 0.717) is 12.1 Å². The molecule has 0 aromatic carbocycles. The molecule has 0 spiro atoms. The number of hydrogen-bond donors (Lipinski definition) is 1. The quantitative estimate of drug-likeness (QED) is 0.775. The van der Waals surface area contributed by atoms with E-state index in [-0.39, 0.29) is 0 Å². The lowest BCUT2D eigenvalue weighted by atomic mass is 9.90. The second-order valence-electron chi connectivity index (χ2n) is 5.45. The summed E-state index contributed by atoms with van der Waals surface area (Å²) in [6.45, 7) is 4.93. The average molecular weight is 210 g/mol. The lowest BCUT2D eigenvalue weighted by molar-refractivity contribution is 0.162. The van der Waals surface area contributed by atoms with Crippen molar-refractivity contribution in [2.24, 2.45) is 11.7 Å². The fraction of sp³-hybridized carbons (Fsp3) is 1.00. The third-order valence-corrected chi connectivity index (χ3v) is 4.26. The molecule has 3 unspecified atom stereocenters. The lowest BCUT2D eigenvalue weighted by Crippen LogP contribution is -2.48. The monoisotopic (exact) mass is 210 g/mol. The summed E-state index contributed by atoms with van der Waals surface area (Å²) in [5.74, 6) is 0.962. The summed E-state index contributed by atoms with van der Waals surface area (Å²) in [5, 5.41) is 0. The first kappa shape index (κ1) is 11.4. The number of likely N-dealkylation sites (tertiary alicyclic amines) is 1. The van der Waals surface area contributed by atoms with Gasteiger partial charge in [0.1, 0.15) is 0 Å². The molecule has 15 heavy (non-hydrogen) atoms. The second kappa shape index (κ2) is 5.31. The highest BCUT2D eigenvalue weighted by molar-refractivity contribution is 4.89. The molecule has 0 aromatic heterocycles. The van der Waals surface area contributed by atoms with Crippen LogP contribution in [0, 0.1) is 5.92 Å². The third kappa shape index (κ3) is 2.73. The number of nitrogens with zero attached hydrogens (tertiary/aromatic N) is 1. The topological polar surface area (TPSA) is 29.3 Å². The zero-order valence-electron chi connectivity index (χ0n) is 10.1. The first-order chi connectivity index (χ1) is 7.31. The maximum Gasteiger partial charge on any atom is 0.0247 e. The van der Waals surface area contributed by atoms with Crippen molar-refractivity contribution < 1.29 is 0 Å². The summed E-state index contributed by atoms with van der Waals surface area (Å²) in [6, 6.07) is 1.17. The van der Waals surface area contributed by atoms with Gasteiger partial charge in [-0.1, -0.05) is 26.2 Å². The van der Waals surface area contributed by atoms with Crippen molar-refractivity contribution >= 4 is 0 Å². The Morgan fingerprint density at radius 2 is 2.00 bits per heavy atom. The van der Waals surface area contributed by atoms with E-state index in [1.165, 1.54) is 58.0 Å². The molecule has 2 nitrogen and oxygen atoms in total. The highest BCUT2D eigenvalue weighted by Gasteiger charge is 2.32. The van der Waals surface area contributed by atoms with Gasteiger partial charge in [0, 0.05) is 18.6 Å². The summed E-state index contributed by atoms with van der Waals surface area (Å²) in [6.07, 6.45) is 9.52. The zero-order valence-corrected chi connectivity index (χ0v) is 10.1. The molecule has 1 heterocycles. The Balaban J connectivity index is 1.83. The van der Waals surface area contributed by atoms with Gasteiger partial charge in [0.25, 0.3) is 0 Å². The van der Waals surface area contributed by atoms with Gasteiger partial charge in [-0.25, -0.2) is 0 Å². The van der Waals surface area contributed by atoms with Gasteiger partial charge < -0.3 is 5.73 Å². The summed E-state index contributed by atoms with van der Waals surface area (Å²) in [5.41, 5.74) is 6.24. The Bertz CT molecular complexity index is 193. The highest BCUT2D eigenvalue weighted by atomic mass is 15.2. The van der Waals surface area contributed by atoms with Crippen LogP contribution in [0.25, 0.3) is 0 Å². The van der Waals surface area contributed by atoms with Crippen molar-refractivity contribution in [3.63, 3.8) is 0 Å². The SMILES string of the molecule is CCCC1CCN(C2CCCCC2N)C1. The van der Waals surface area contributed by atoms with Gasteiger partial charge in [0.15, 0.2) is 0 Å². The maximum absolute atomic E-state index is 6.24. The minimum absolute atomic E-state index is 0.458. The molecule has 2 fully saturated rings. The van der Waals surface area contributed by atoms with Crippen molar-refractivity contribution in [3.8, 4) is 0 Å². The number of hydrogen-bond acceptors (Lipinski definition) is 2. The van der Waals surface area contributed by atoms with E-state index in [1.807, 2.05) is 0 Å². The molecule has 2 N–H and O–H groups in total. The summed E-state index contributed by atoms with van der Waals surface area (Å²) < 4.78 is 0. The van der Waals surface area contributed by atoms with E-state index >= 15 is 0 Å². The van der Waals surface area contributed by atoms with Gasteiger partial charge >= 0.3 is 0 Å². The number of nitrogens with two attached hydrogens (primary N) is 1. The molecule has 1 aliphatic heterocycles. The van der Waals surface area contributed by atoms with Crippen molar-refractivity contribution in [2.75, 3.05) is 13.1 Å². The normalized spacial score (nSPS) is 38.4. The Morgan fingerprint density at radius 3 is 2.73 bits per heavy atom. The largest absolute Gasteiger partial charge is 0.326 e. The van der Waals surface area contributed by atoms with Gasteiger partial charge in [-0.15, -0.1) is 0 Å². The van der Waals surface area contributed by atoms with Gasteiger partial charge in [0.05, 0.1) is 0 Å². The van der Waals surface area contributed by atoms with Crippen LogP contribution in [0.3, 0.4) is 0 Å². The van der Waals surface area contributed by atoms with Crippen molar-refractivity contribution in [1.82, 2.24) is 4.90 Å². The van der Waals surface area contributed by atoms with Crippen LogP contribution in [-0.2, 0) is 0 Å². The molecule has 3 atom stereocenters. The van der Waals surface area contributed by atoms with Crippen molar-refractivity contribution in [2.45, 2.75) is 64.0 Å². The Morgan fingerprint density at radius 1 is 1.20 bits per heavy atom. The van der Waals surface area contributed by atoms with E-state index in [2.05, 4.69) is 11.8 Å². The molecule has 0 radical (unpaired) electrons. The van der Waals surface area contributed by atoms with Crippen LogP contribution in [0.15, 0.2) is 0 Å². The second-order valence-corrected chi connectivity index (χ2v) is 5.45. The minimum atomic E-state index is 0.458. The summed E-state index contributed by atoms with van der Waals surface area (Å²) in [4.78, 5) is 2.68. The van der Waals surface area contributed by atoms with Crippen molar-refractivity contribution in [3.05, 3.63) is 0 Å². The molecule has 0 amide bonds. The van der Waals surface area contributed by atoms with E-state index in [4.69, 9.17) is 5.73 Å². The van der Waals surface area contributed by atoms with Crippen LogP contribution >= 0.6 is 0 Å². The first-order valence-electron chi connectivity index (χ1n) is 6.81. The van der Waals surface area contributed by atoms with Crippen LogP contribution in [-0.4, -0.2) is 30.1 Å². The minimum Gasteiger partial charge on any atom is -0.326 e. The molecule has 1 aliphatic carbocycles. The molecule has 2 rings (SSSR count). The molecule has 0 aromatic rings. The molecular weight excluding hydrogens is 184 g/mol. The maximum atomic E-state index is 6.24. The Kier molecular flexibility index (Phi) is 4.04. The molecule has 1 saturated carbocycles. The van der Waals surface area contributed by atoms with E-state index in [1.54, 1.807) is 0 Å². The summed E-state index contributed by atoms with van der Waals surface area (Å²) >= 11 is 0. The van der Waals surface area contributed by atoms with Crippen LogP contribution in [0.2, 0.25) is 0 Å². The predicted molar refractivity (Wildman–Crippen MR) is 64.8 cm³/mol. The van der Waals surface area contributed by atoms with Crippen LogP contribution in [0.1, 0.15) is 51.9 Å².